The van der Waals surface area contributed by atoms with E-state index >= 15 is 0 Å². The Morgan fingerprint density at radius 2 is 2.11 bits per heavy atom. The number of hydrogen-bond donors (Lipinski definition) is 1. The smallest absolute Gasteiger partial charge is 0.133 e. The van der Waals surface area contributed by atoms with Gasteiger partial charge in [0.25, 0.3) is 0 Å². The number of fused-ring (bicyclic) bond motifs is 2. The van der Waals surface area contributed by atoms with Gasteiger partial charge in [-0.05, 0) is 25.1 Å². The number of methoxy groups -OCH3 is 2. The quantitative estimate of drug-likeness (QED) is 0.876. The molecule has 94 valence electrons. The van der Waals surface area contributed by atoms with Crippen molar-refractivity contribution in [3.8, 4) is 11.5 Å². The van der Waals surface area contributed by atoms with Gasteiger partial charge in [0, 0.05) is 23.6 Å². The van der Waals surface area contributed by atoms with Crippen LogP contribution in [0.1, 0.15) is 11.3 Å². The van der Waals surface area contributed by atoms with E-state index in [1.54, 1.807) is 14.2 Å². The first-order chi connectivity index (χ1) is 8.83. The number of nitrogens with zero attached hydrogens (tertiary/aromatic N) is 1. The Hall–Kier alpha value is -1.81. The summed E-state index contributed by atoms with van der Waals surface area (Å²) in [5.41, 5.74) is 3.24. The summed E-state index contributed by atoms with van der Waals surface area (Å²) in [6.45, 7) is 1.78. The van der Waals surface area contributed by atoms with Crippen molar-refractivity contribution >= 4 is 10.9 Å². The third-order valence-corrected chi connectivity index (χ3v) is 3.38. The molecule has 1 aromatic carbocycles. The zero-order valence-electron chi connectivity index (χ0n) is 10.6. The summed E-state index contributed by atoms with van der Waals surface area (Å²) in [6, 6.07) is 5.91. The van der Waals surface area contributed by atoms with Crippen LogP contribution in [0.4, 0.5) is 0 Å². The summed E-state index contributed by atoms with van der Waals surface area (Å²) in [4.78, 5) is 4.71. The molecule has 1 N–H and O–H groups in total. The maximum absolute atomic E-state index is 5.59. The first-order valence-electron chi connectivity index (χ1n) is 6.07. The molecule has 0 amide bonds. The molecule has 0 bridgehead atoms. The van der Waals surface area contributed by atoms with Crippen LogP contribution in [0.2, 0.25) is 0 Å². The largest absolute Gasteiger partial charge is 0.497 e. The van der Waals surface area contributed by atoms with Gasteiger partial charge in [0.05, 0.1) is 25.4 Å². The van der Waals surface area contributed by atoms with Gasteiger partial charge in [-0.1, -0.05) is 0 Å². The van der Waals surface area contributed by atoms with E-state index < -0.39 is 0 Å². The van der Waals surface area contributed by atoms with E-state index in [1.807, 2.05) is 18.2 Å². The number of pyridine rings is 1. The maximum Gasteiger partial charge on any atom is 0.133 e. The lowest BCUT2D eigenvalue weighted by Crippen LogP contribution is -2.25. The van der Waals surface area contributed by atoms with E-state index in [9.17, 15) is 0 Å². The second kappa shape index (κ2) is 4.46. The van der Waals surface area contributed by atoms with Crippen LogP contribution in [0, 0.1) is 0 Å². The van der Waals surface area contributed by atoms with E-state index in [4.69, 9.17) is 14.5 Å². The fraction of sp³-hybridized carbons (Fsp3) is 0.357. The molecule has 0 atom stereocenters. The Bertz CT molecular complexity index is 596. The van der Waals surface area contributed by atoms with Crippen LogP contribution in [0.15, 0.2) is 18.2 Å². The normalized spacial score (nSPS) is 14.3. The van der Waals surface area contributed by atoms with Gasteiger partial charge in [-0.15, -0.1) is 0 Å². The first kappa shape index (κ1) is 11.3. The van der Waals surface area contributed by atoms with Gasteiger partial charge < -0.3 is 14.8 Å². The van der Waals surface area contributed by atoms with Crippen LogP contribution in [0.3, 0.4) is 0 Å². The summed E-state index contributed by atoms with van der Waals surface area (Å²) < 4.78 is 10.8. The zero-order valence-corrected chi connectivity index (χ0v) is 10.6. The van der Waals surface area contributed by atoms with Gasteiger partial charge in [0.2, 0.25) is 0 Å². The van der Waals surface area contributed by atoms with E-state index in [0.717, 1.165) is 47.6 Å². The predicted molar refractivity (Wildman–Crippen MR) is 70.3 cm³/mol. The van der Waals surface area contributed by atoms with Crippen molar-refractivity contribution < 1.29 is 9.47 Å². The summed E-state index contributed by atoms with van der Waals surface area (Å²) in [7, 11) is 3.39. The Morgan fingerprint density at radius 3 is 2.89 bits per heavy atom. The van der Waals surface area contributed by atoms with Crippen LogP contribution < -0.4 is 14.8 Å². The van der Waals surface area contributed by atoms with E-state index in [0.29, 0.717) is 0 Å². The Morgan fingerprint density at radius 1 is 1.22 bits per heavy atom. The van der Waals surface area contributed by atoms with Crippen molar-refractivity contribution in [3.05, 3.63) is 29.5 Å². The lowest BCUT2D eigenvalue weighted by Gasteiger charge is -2.20. The van der Waals surface area contributed by atoms with Gasteiger partial charge in [0.1, 0.15) is 11.5 Å². The molecule has 0 saturated heterocycles. The molecular weight excluding hydrogens is 228 g/mol. The number of rotatable bonds is 2. The Balaban J connectivity index is 2.29. The van der Waals surface area contributed by atoms with Crippen molar-refractivity contribution in [2.24, 2.45) is 0 Å². The minimum Gasteiger partial charge on any atom is -0.497 e. The van der Waals surface area contributed by atoms with Gasteiger partial charge in [-0.3, -0.25) is 4.98 Å². The molecule has 1 aromatic heterocycles. The second-order valence-electron chi connectivity index (χ2n) is 4.38. The molecule has 4 nitrogen and oxygen atoms in total. The molecule has 3 rings (SSSR count). The number of benzene rings is 1. The molecule has 0 aliphatic carbocycles. The third kappa shape index (κ3) is 1.69. The summed E-state index contributed by atoms with van der Waals surface area (Å²) >= 11 is 0. The number of nitrogens with one attached hydrogen (secondary N) is 1. The van der Waals surface area contributed by atoms with Crippen molar-refractivity contribution in [2.75, 3.05) is 20.8 Å². The highest BCUT2D eigenvalue weighted by Crippen LogP contribution is 2.33. The summed E-state index contributed by atoms with van der Waals surface area (Å²) in [5.74, 6) is 1.78. The molecule has 0 spiro atoms. The third-order valence-electron chi connectivity index (χ3n) is 3.38. The fourth-order valence-electron chi connectivity index (χ4n) is 2.49. The number of ether oxygens (including phenoxy) is 2. The molecule has 1 aliphatic heterocycles. The van der Waals surface area contributed by atoms with Crippen LogP contribution in [0.5, 0.6) is 11.5 Å². The SMILES string of the molecule is COc1ccc2c(OC)c3c(nc2c1)CNCC3. The molecule has 2 aromatic rings. The molecule has 18 heavy (non-hydrogen) atoms. The van der Waals surface area contributed by atoms with Crippen LogP contribution in [-0.2, 0) is 13.0 Å². The monoisotopic (exact) mass is 244 g/mol. The number of hydrogen-bond acceptors (Lipinski definition) is 4. The Kier molecular flexibility index (Phi) is 2.80. The minimum atomic E-state index is 0.804. The second-order valence-corrected chi connectivity index (χ2v) is 4.38. The molecule has 0 fully saturated rings. The molecule has 4 heteroatoms. The summed E-state index contributed by atoms with van der Waals surface area (Å²) in [6.07, 6.45) is 0.966. The van der Waals surface area contributed by atoms with Gasteiger partial charge in [-0.25, -0.2) is 0 Å². The molecule has 0 unspecified atom stereocenters. The summed E-state index contributed by atoms with van der Waals surface area (Å²) in [5, 5.41) is 4.39. The fourth-order valence-corrected chi connectivity index (χ4v) is 2.49. The molecule has 1 aliphatic rings. The highest BCUT2D eigenvalue weighted by molar-refractivity contribution is 5.88. The maximum atomic E-state index is 5.59. The average Bonchev–Trinajstić information content (AvgIpc) is 2.44. The van der Waals surface area contributed by atoms with E-state index in [1.165, 1.54) is 5.56 Å². The van der Waals surface area contributed by atoms with Crippen molar-refractivity contribution in [1.82, 2.24) is 10.3 Å². The highest BCUT2D eigenvalue weighted by atomic mass is 16.5. The topological polar surface area (TPSA) is 43.4 Å². The average molecular weight is 244 g/mol. The van der Waals surface area contributed by atoms with Gasteiger partial charge in [0.15, 0.2) is 0 Å². The predicted octanol–water partition coefficient (Wildman–Crippen LogP) is 1.90. The van der Waals surface area contributed by atoms with Crippen LogP contribution >= 0.6 is 0 Å². The highest BCUT2D eigenvalue weighted by Gasteiger charge is 2.18. The molecular formula is C14H16N2O2. The Labute approximate surface area is 106 Å². The van der Waals surface area contributed by atoms with Crippen molar-refractivity contribution in [1.29, 1.82) is 0 Å². The number of aromatic nitrogens is 1. The lowest BCUT2D eigenvalue weighted by atomic mass is 10.0. The van der Waals surface area contributed by atoms with E-state index in [-0.39, 0.29) is 0 Å². The standard InChI is InChI=1S/C14H16N2O2/c1-17-9-3-4-10-12(7-9)16-13-8-15-6-5-11(13)14(10)18-2/h3-4,7,15H,5-6,8H2,1-2H3. The lowest BCUT2D eigenvalue weighted by molar-refractivity contribution is 0.408. The molecule has 0 saturated carbocycles. The van der Waals surface area contributed by atoms with Gasteiger partial charge >= 0.3 is 0 Å². The van der Waals surface area contributed by atoms with Crippen molar-refractivity contribution in [2.45, 2.75) is 13.0 Å². The first-order valence-corrected chi connectivity index (χ1v) is 6.07. The van der Waals surface area contributed by atoms with Crippen molar-refractivity contribution in [3.63, 3.8) is 0 Å². The zero-order chi connectivity index (χ0) is 12.5. The minimum absolute atomic E-state index is 0.804. The van der Waals surface area contributed by atoms with Crippen LogP contribution in [0.25, 0.3) is 10.9 Å². The van der Waals surface area contributed by atoms with E-state index in [2.05, 4.69) is 5.32 Å². The van der Waals surface area contributed by atoms with Crippen LogP contribution in [-0.4, -0.2) is 25.7 Å². The molecule has 2 heterocycles. The van der Waals surface area contributed by atoms with Gasteiger partial charge in [-0.2, -0.15) is 0 Å². The molecule has 0 radical (unpaired) electrons.